The number of hydrogen-bond acceptors (Lipinski definition) is 3. The van der Waals surface area contributed by atoms with Crippen molar-refractivity contribution >= 4 is 17.9 Å². The van der Waals surface area contributed by atoms with Crippen molar-refractivity contribution in [1.82, 2.24) is 0 Å². The van der Waals surface area contributed by atoms with Crippen molar-refractivity contribution in [2.75, 3.05) is 6.61 Å². The molecule has 0 aliphatic rings. The second-order valence-corrected chi connectivity index (χ2v) is 8.38. The summed E-state index contributed by atoms with van der Waals surface area (Å²) in [6, 6.07) is 21.9. The van der Waals surface area contributed by atoms with Crippen molar-refractivity contribution < 1.29 is 18.7 Å². The third kappa shape index (κ3) is 6.45. The molecule has 3 aromatic rings. The van der Waals surface area contributed by atoms with E-state index in [1.54, 1.807) is 24.3 Å². The molecule has 0 saturated heterocycles. The molecule has 5 heteroatoms. The number of halogens is 2. The lowest BCUT2D eigenvalue weighted by Gasteiger charge is -2.30. The summed E-state index contributed by atoms with van der Waals surface area (Å²) in [5, 5.41) is 0.480. The molecular weight excluding hydrogens is 439 g/mol. The number of para-hydroxylation sites is 1. The zero-order chi connectivity index (χ0) is 23.7. The number of rotatable bonds is 11. The number of aldehydes is 1. The van der Waals surface area contributed by atoms with E-state index in [9.17, 15) is 9.18 Å². The minimum atomic E-state index is -0.531. The van der Waals surface area contributed by atoms with Crippen LogP contribution >= 0.6 is 11.6 Å². The van der Waals surface area contributed by atoms with Gasteiger partial charge in [-0.1, -0.05) is 54.9 Å². The van der Waals surface area contributed by atoms with Crippen molar-refractivity contribution in [1.29, 1.82) is 0 Å². The number of hydrogen-bond donors (Lipinski definition) is 0. The molecule has 0 aliphatic heterocycles. The maximum Gasteiger partial charge on any atom is 0.165 e. The number of ether oxygens (including phenoxy) is 2. The number of carbonyl (C=O) groups is 1. The average molecular weight is 467 g/mol. The Morgan fingerprint density at radius 2 is 1.76 bits per heavy atom. The minimum absolute atomic E-state index is 0.201. The van der Waals surface area contributed by atoms with Crippen LogP contribution in [0.15, 0.2) is 83.9 Å². The van der Waals surface area contributed by atoms with E-state index in [1.165, 1.54) is 12.1 Å². The number of benzene rings is 3. The summed E-state index contributed by atoms with van der Waals surface area (Å²) < 4.78 is 25.5. The summed E-state index contributed by atoms with van der Waals surface area (Å²) in [7, 11) is 0. The molecule has 0 amide bonds. The smallest absolute Gasteiger partial charge is 0.165 e. The molecule has 3 aromatic carbocycles. The lowest BCUT2D eigenvalue weighted by Crippen LogP contribution is -2.23. The lowest BCUT2D eigenvalue weighted by molar-refractivity contribution is -0.104. The molecule has 0 aliphatic carbocycles. The fourth-order valence-corrected chi connectivity index (χ4v) is 4.03. The van der Waals surface area contributed by atoms with Gasteiger partial charge in [-0.25, -0.2) is 4.39 Å². The largest absolute Gasteiger partial charge is 0.494 e. The van der Waals surface area contributed by atoms with Crippen molar-refractivity contribution in [3.63, 3.8) is 0 Å². The molecule has 0 spiro atoms. The summed E-state index contributed by atoms with van der Waals surface area (Å²) in [6.45, 7) is 4.56. The monoisotopic (exact) mass is 466 g/mol. The van der Waals surface area contributed by atoms with Crippen LogP contribution in [0.5, 0.6) is 17.2 Å². The van der Waals surface area contributed by atoms with Gasteiger partial charge < -0.3 is 9.47 Å². The van der Waals surface area contributed by atoms with Crippen LogP contribution in [0.3, 0.4) is 0 Å². The van der Waals surface area contributed by atoms with Gasteiger partial charge >= 0.3 is 0 Å². The molecule has 0 fully saturated rings. The predicted octanol–water partition coefficient (Wildman–Crippen LogP) is 7.62. The van der Waals surface area contributed by atoms with Gasteiger partial charge in [0.2, 0.25) is 0 Å². The van der Waals surface area contributed by atoms with Crippen molar-refractivity contribution in [2.24, 2.45) is 0 Å². The highest BCUT2D eigenvalue weighted by Gasteiger charge is 2.30. The van der Waals surface area contributed by atoms with Crippen LogP contribution in [0.1, 0.15) is 37.8 Å². The molecule has 1 atom stereocenters. The summed E-state index contributed by atoms with van der Waals surface area (Å²) in [6.07, 6.45) is 4.31. The third-order valence-electron chi connectivity index (χ3n) is 5.65. The van der Waals surface area contributed by atoms with Crippen LogP contribution in [0.4, 0.5) is 4.39 Å². The topological polar surface area (TPSA) is 35.5 Å². The molecule has 3 rings (SSSR count). The van der Waals surface area contributed by atoms with E-state index in [4.69, 9.17) is 21.1 Å². The highest BCUT2D eigenvalue weighted by molar-refractivity contribution is 6.31. The number of carbonyl (C=O) groups excluding carboxylic acids is 1. The molecule has 0 aromatic heterocycles. The van der Waals surface area contributed by atoms with Gasteiger partial charge in [-0.2, -0.15) is 0 Å². The Morgan fingerprint density at radius 1 is 1.03 bits per heavy atom. The zero-order valence-electron chi connectivity index (χ0n) is 18.9. The molecule has 1 unspecified atom stereocenters. The normalized spacial score (nSPS) is 13.3. The van der Waals surface area contributed by atoms with Crippen LogP contribution in [0.25, 0.3) is 0 Å². The number of aryl methyl sites for hydroxylation is 1. The first-order valence-electron chi connectivity index (χ1n) is 11.0. The Kier molecular flexibility index (Phi) is 8.67. The summed E-state index contributed by atoms with van der Waals surface area (Å²) >= 11 is 6.57. The van der Waals surface area contributed by atoms with E-state index in [0.29, 0.717) is 36.5 Å². The van der Waals surface area contributed by atoms with Crippen LogP contribution in [0, 0.1) is 5.82 Å². The van der Waals surface area contributed by atoms with E-state index in [-0.39, 0.29) is 5.75 Å². The Labute approximate surface area is 199 Å². The van der Waals surface area contributed by atoms with Crippen LogP contribution in [-0.2, 0) is 16.6 Å². The molecular formula is C28H28ClFO3. The van der Waals surface area contributed by atoms with Gasteiger partial charge in [0.1, 0.15) is 17.8 Å². The van der Waals surface area contributed by atoms with Gasteiger partial charge in [0.05, 0.1) is 6.61 Å². The van der Waals surface area contributed by atoms with Gasteiger partial charge in [-0.3, -0.25) is 4.79 Å². The Morgan fingerprint density at radius 3 is 2.42 bits per heavy atom. The molecule has 0 bridgehead atoms. The highest BCUT2D eigenvalue weighted by Crippen LogP contribution is 2.39. The average Bonchev–Trinajstić information content (AvgIpc) is 2.82. The zero-order valence-corrected chi connectivity index (χ0v) is 19.6. The molecule has 0 heterocycles. The molecule has 0 radical (unpaired) electrons. The minimum Gasteiger partial charge on any atom is -0.494 e. The van der Waals surface area contributed by atoms with E-state index < -0.39 is 11.2 Å². The van der Waals surface area contributed by atoms with Crippen molar-refractivity contribution in [2.45, 2.75) is 38.5 Å². The first kappa shape index (κ1) is 24.5. The van der Waals surface area contributed by atoms with Gasteiger partial charge in [0.25, 0.3) is 0 Å². The second-order valence-electron chi connectivity index (χ2n) is 7.97. The summed E-state index contributed by atoms with van der Waals surface area (Å²) in [5.41, 5.74) is 1.43. The van der Waals surface area contributed by atoms with E-state index in [0.717, 1.165) is 23.3 Å². The summed E-state index contributed by atoms with van der Waals surface area (Å²) in [4.78, 5) is 11.1. The van der Waals surface area contributed by atoms with E-state index in [2.05, 4.69) is 0 Å². The fraction of sp³-hybridized carbons (Fsp3) is 0.250. The maximum absolute atomic E-state index is 14.3. The van der Waals surface area contributed by atoms with Gasteiger partial charge in [-0.05, 0) is 79.8 Å². The molecule has 0 N–H and O–H groups in total. The van der Waals surface area contributed by atoms with Crippen LogP contribution in [0.2, 0.25) is 0 Å². The van der Waals surface area contributed by atoms with E-state index in [1.807, 2.05) is 56.3 Å². The predicted molar refractivity (Wildman–Crippen MR) is 131 cm³/mol. The highest BCUT2D eigenvalue weighted by atomic mass is 35.5. The number of allylic oxidation sites excluding steroid dienone is 2. The first-order valence-corrected chi connectivity index (χ1v) is 11.4. The van der Waals surface area contributed by atoms with Crippen LogP contribution < -0.4 is 9.47 Å². The Balaban J connectivity index is 1.74. The third-order valence-corrected chi connectivity index (χ3v) is 6.20. The van der Waals surface area contributed by atoms with Crippen molar-refractivity contribution in [3.05, 3.63) is 101 Å². The van der Waals surface area contributed by atoms with Gasteiger partial charge in [-0.15, -0.1) is 0 Å². The maximum atomic E-state index is 14.3. The quantitative estimate of drug-likeness (QED) is 0.215. The molecule has 172 valence electrons. The van der Waals surface area contributed by atoms with E-state index >= 15 is 0 Å². The Bertz CT molecular complexity index is 1080. The van der Waals surface area contributed by atoms with Gasteiger partial charge in [0.15, 0.2) is 11.6 Å². The molecule has 33 heavy (non-hydrogen) atoms. The standard InChI is InChI=1S/C28H28ClFO3/c1-3-32-23-14-12-22(13-15-23)28(2,27(29)17-19-31)18-7-8-21-11-16-25(30)26(20-21)33-24-9-5-4-6-10-24/h4-6,9-17,19-20H,3,7-8,18H2,1-2H3/b27-17-. The summed E-state index contributed by atoms with van der Waals surface area (Å²) in [5.74, 6) is 1.17. The lowest BCUT2D eigenvalue weighted by atomic mass is 9.77. The first-order chi connectivity index (χ1) is 16.0. The molecule has 3 nitrogen and oxygen atoms in total. The van der Waals surface area contributed by atoms with Gasteiger partial charge in [0, 0.05) is 10.4 Å². The second kappa shape index (κ2) is 11.7. The van der Waals surface area contributed by atoms with Crippen molar-refractivity contribution in [3.8, 4) is 17.2 Å². The SMILES string of the molecule is CCOc1ccc(C(C)(CCCc2ccc(F)c(Oc3ccccc3)c2)/C(Cl)=C/C=O)cc1. The fourth-order valence-electron chi connectivity index (χ4n) is 3.77. The van der Waals surface area contributed by atoms with Crippen LogP contribution in [-0.4, -0.2) is 12.9 Å². The Hall–Kier alpha value is -3.11. The molecule has 0 saturated carbocycles.